The lowest BCUT2D eigenvalue weighted by Crippen LogP contribution is -2.33. The van der Waals surface area contributed by atoms with Crippen LogP contribution in [0.25, 0.3) is 10.8 Å². The fourth-order valence-electron chi connectivity index (χ4n) is 4.06. The molecule has 0 saturated heterocycles. The summed E-state index contributed by atoms with van der Waals surface area (Å²) in [6, 6.07) is 26.1. The fourth-order valence-corrected chi connectivity index (χ4v) is 4.06. The number of benzene rings is 4. The second-order valence-corrected chi connectivity index (χ2v) is 8.74. The maximum absolute atomic E-state index is 12.8. The summed E-state index contributed by atoms with van der Waals surface area (Å²) in [5.74, 6) is 0.122. The largest absolute Gasteiger partial charge is 0.488 e. The fraction of sp³-hybridized carbons (Fsp3) is 0.167. The number of amides is 2. The predicted molar refractivity (Wildman–Crippen MR) is 151 cm³/mol. The quantitative estimate of drug-likeness (QED) is 0.143. The Morgan fingerprint density at radius 3 is 2.42 bits per heavy atom. The number of nitro benzene ring substituents is 1. The first-order chi connectivity index (χ1) is 19.4. The van der Waals surface area contributed by atoms with Crippen molar-refractivity contribution in [3.05, 3.63) is 118 Å². The van der Waals surface area contributed by atoms with Crippen molar-refractivity contribution in [3.63, 3.8) is 0 Å². The van der Waals surface area contributed by atoms with Crippen LogP contribution >= 0.6 is 0 Å². The Kier molecular flexibility index (Phi) is 9.39. The van der Waals surface area contributed by atoms with Crippen molar-refractivity contribution in [3.8, 4) is 5.75 Å². The molecule has 1 atom stereocenters. The van der Waals surface area contributed by atoms with Crippen LogP contribution in [0.2, 0.25) is 0 Å². The van der Waals surface area contributed by atoms with Crippen LogP contribution in [-0.4, -0.2) is 29.7 Å². The molecule has 0 bridgehead atoms. The molecule has 2 amide bonds. The summed E-state index contributed by atoms with van der Waals surface area (Å²) in [6.45, 7) is 2.10. The molecule has 0 fully saturated rings. The number of non-ortho nitro benzene ring substituents is 1. The van der Waals surface area contributed by atoms with Crippen molar-refractivity contribution < 1.29 is 24.0 Å². The highest BCUT2D eigenvalue weighted by atomic mass is 16.6. The number of alkyl carbamates (subject to hydrolysis) is 1. The van der Waals surface area contributed by atoms with Crippen LogP contribution < -0.4 is 15.5 Å². The van der Waals surface area contributed by atoms with E-state index in [2.05, 4.69) is 15.8 Å². The molecule has 0 radical (unpaired) electrons. The SMILES string of the molecule is CCOC(=O)N[C@@H](CC(=O)N/N=C\c1c(OCc2ccc([N+](=O)[O-])cc2)ccc2ccccc12)c1ccccc1. The van der Waals surface area contributed by atoms with E-state index in [1.807, 2.05) is 66.7 Å². The van der Waals surface area contributed by atoms with Gasteiger partial charge in [0.2, 0.25) is 5.91 Å². The molecule has 10 heteroatoms. The van der Waals surface area contributed by atoms with E-state index in [1.54, 1.807) is 19.1 Å². The van der Waals surface area contributed by atoms with Gasteiger partial charge in [0, 0.05) is 17.7 Å². The molecule has 0 aliphatic heterocycles. The number of nitrogens with zero attached hydrogens (tertiary/aromatic N) is 2. The lowest BCUT2D eigenvalue weighted by molar-refractivity contribution is -0.384. The summed E-state index contributed by atoms with van der Waals surface area (Å²) in [7, 11) is 0. The highest BCUT2D eigenvalue weighted by Crippen LogP contribution is 2.28. The average molecular weight is 541 g/mol. The minimum atomic E-state index is -0.613. The Balaban J connectivity index is 1.49. The molecule has 0 aliphatic rings. The van der Waals surface area contributed by atoms with Gasteiger partial charge in [-0.25, -0.2) is 10.2 Å². The Bertz CT molecular complexity index is 1510. The number of hydrogen-bond donors (Lipinski definition) is 2. The zero-order valence-corrected chi connectivity index (χ0v) is 21.8. The van der Waals surface area contributed by atoms with E-state index in [9.17, 15) is 19.7 Å². The topological polar surface area (TPSA) is 132 Å². The van der Waals surface area contributed by atoms with Crippen molar-refractivity contribution in [2.24, 2.45) is 5.10 Å². The van der Waals surface area contributed by atoms with Crippen molar-refractivity contribution in [1.29, 1.82) is 0 Å². The molecule has 0 saturated carbocycles. The predicted octanol–water partition coefficient (Wildman–Crippen LogP) is 5.65. The maximum Gasteiger partial charge on any atom is 0.407 e. The van der Waals surface area contributed by atoms with Gasteiger partial charge in [0.25, 0.3) is 5.69 Å². The lowest BCUT2D eigenvalue weighted by atomic mass is 10.0. The van der Waals surface area contributed by atoms with E-state index < -0.39 is 23.0 Å². The van der Waals surface area contributed by atoms with Crippen LogP contribution in [0.4, 0.5) is 10.5 Å². The van der Waals surface area contributed by atoms with Gasteiger partial charge in [-0.3, -0.25) is 14.9 Å². The lowest BCUT2D eigenvalue weighted by Gasteiger charge is -2.18. The number of carbonyl (C=O) groups excluding carboxylic acids is 2. The first-order valence-electron chi connectivity index (χ1n) is 12.6. The third-order valence-electron chi connectivity index (χ3n) is 6.01. The minimum absolute atomic E-state index is 0.00461. The van der Waals surface area contributed by atoms with E-state index in [4.69, 9.17) is 9.47 Å². The first-order valence-corrected chi connectivity index (χ1v) is 12.6. The number of ether oxygens (including phenoxy) is 2. The number of hydrazone groups is 1. The average Bonchev–Trinajstić information content (AvgIpc) is 2.97. The normalized spacial score (nSPS) is 11.6. The minimum Gasteiger partial charge on any atom is -0.488 e. The van der Waals surface area contributed by atoms with Gasteiger partial charge in [-0.15, -0.1) is 0 Å². The Morgan fingerprint density at radius 2 is 1.70 bits per heavy atom. The van der Waals surface area contributed by atoms with Gasteiger partial charge in [0.1, 0.15) is 12.4 Å². The smallest absolute Gasteiger partial charge is 0.407 e. The van der Waals surface area contributed by atoms with Crippen molar-refractivity contribution in [2.45, 2.75) is 26.0 Å². The second-order valence-electron chi connectivity index (χ2n) is 8.74. The Hall–Kier alpha value is -5.25. The summed E-state index contributed by atoms with van der Waals surface area (Å²) >= 11 is 0. The van der Waals surface area contributed by atoms with Crippen molar-refractivity contribution in [2.75, 3.05) is 6.61 Å². The van der Waals surface area contributed by atoms with Gasteiger partial charge in [-0.2, -0.15) is 5.10 Å². The molecule has 0 unspecified atom stereocenters. The zero-order chi connectivity index (χ0) is 28.3. The molecule has 204 valence electrons. The molecule has 40 heavy (non-hydrogen) atoms. The standard InChI is InChI=1S/C30H28N4O6/c1-2-39-30(36)32-27(23-9-4-3-5-10-23)18-29(35)33-31-19-26-25-11-7-6-8-22(25)14-17-28(26)40-20-21-12-15-24(16-13-21)34(37)38/h3-17,19,27H,2,18,20H2,1H3,(H,32,36)(H,33,35)/b31-19-/t27-/m0/s1. The monoisotopic (exact) mass is 540 g/mol. The van der Waals surface area contributed by atoms with Crippen LogP contribution in [-0.2, 0) is 16.1 Å². The zero-order valence-electron chi connectivity index (χ0n) is 21.8. The molecule has 2 N–H and O–H groups in total. The number of carbonyl (C=O) groups is 2. The number of nitrogens with one attached hydrogen (secondary N) is 2. The Morgan fingerprint density at radius 1 is 0.975 bits per heavy atom. The van der Waals surface area contributed by atoms with Gasteiger partial charge in [0.15, 0.2) is 0 Å². The third-order valence-corrected chi connectivity index (χ3v) is 6.01. The van der Waals surface area contributed by atoms with E-state index in [-0.39, 0.29) is 25.3 Å². The van der Waals surface area contributed by atoms with Crippen molar-refractivity contribution in [1.82, 2.24) is 10.7 Å². The molecular weight excluding hydrogens is 512 g/mol. The molecule has 4 aromatic carbocycles. The molecule has 4 rings (SSSR count). The van der Waals surface area contributed by atoms with E-state index in [0.717, 1.165) is 21.9 Å². The molecule has 0 spiro atoms. The summed E-state index contributed by atoms with van der Waals surface area (Å²) in [5, 5.41) is 19.6. The van der Waals surface area contributed by atoms with Crippen LogP contribution in [0, 0.1) is 10.1 Å². The van der Waals surface area contributed by atoms with Crippen LogP contribution in [0.3, 0.4) is 0 Å². The second kappa shape index (κ2) is 13.5. The number of rotatable bonds is 11. The summed E-state index contributed by atoms with van der Waals surface area (Å²) in [5.41, 5.74) is 4.72. The van der Waals surface area contributed by atoms with E-state index in [0.29, 0.717) is 11.3 Å². The maximum atomic E-state index is 12.8. The molecule has 10 nitrogen and oxygen atoms in total. The molecule has 4 aromatic rings. The van der Waals surface area contributed by atoms with Crippen molar-refractivity contribution >= 4 is 34.7 Å². The van der Waals surface area contributed by atoms with Gasteiger partial charge < -0.3 is 14.8 Å². The highest BCUT2D eigenvalue weighted by Gasteiger charge is 2.19. The van der Waals surface area contributed by atoms with Gasteiger partial charge >= 0.3 is 6.09 Å². The highest BCUT2D eigenvalue weighted by molar-refractivity contribution is 6.02. The molecular formula is C30H28N4O6. The van der Waals surface area contributed by atoms with Crippen LogP contribution in [0.1, 0.15) is 36.1 Å². The summed E-state index contributed by atoms with van der Waals surface area (Å²) < 4.78 is 11.0. The van der Waals surface area contributed by atoms with Crippen LogP contribution in [0.5, 0.6) is 5.75 Å². The first kappa shape index (κ1) is 27.8. The number of fused-ring (bicyclic) bond motifs is 1. The summed E-state index contributed by atoms with van der Waals surface area (Å²) in [6.07, 6.45) is 0.846. The van der Waals surface area contributed by atoms with Gasteiger partial charge in [-0.05, 0) is 47.0 Å². The number of hydrogen-bond acceptors (Lipinski definition) is 7. The number of nitro groups is 1. The Labute approximate surface area is 230 Å². The van der Waals surface area contributed by atoms with E-state index in [1.165, 1.54) is 18.3 Å². The molecule has 0 heterocycles. The van der Waals surface area contributed by atoms with Gasteiger partial charge in [0.05, 0.1) is 30.2 Å². The molecule has 0 aromatic heterocycles. The molecule has 0 aliphatic carbocycles. The third kappa shape index (κ3) is 7.41. The van der Waals surface area contributed by atoms with E-state index >= 15 is 0 Å². The van der Waals surface area contributed by atoms with Gasteiger partial charge in [-0.1, -0.05) is 60.7 Å². The van der Waals surface area contributed by atoms with Crippen LogP contribution in [0.15, 0.2) is 96.1 Å². The summed E-state index contributed by atoms with van der Waals surface area (Å²) in [4.78, 5) is 35.3.